The van der Waals surface area contributed by atoms with Gasteiger partial charge in [0.2, 0.25) is 0 Å². The number of anilines is 1. The standard InChI is InChI=1S/C20H20F4N4O4S/c1-25-33-26-14-6-4-5-11(17(14)21)9-28-10-12-7-13(20(22,23)24)16(32-18(29)27(2)3)8-15(12)31-19(28)30/h4-8,25-26H,9-10H2,1-3H3. The van der Waals surface area contributed by atoms with Gasteiger partial charge >= 0.3 is 18.4 Å². The maximum atomic E-state index is 14.8. The van der Waals surface area contributed by atoms with Gasteiger partial charge in [0, 0.05) is 43.4 Å². The van der Waals surface area contributed by atoms with Gasteiger partial charge in [0.15, 0.2) is 5.82 Å². The van der Waals surface area contributed by atoms with Gasteiger partial charge in [-0.25, -0.2) is 18.7 Å². The van der Waals surface area contributed by atoms with Gasteiger partial charge in [0.1, 0.15) is 11.5 Å². The molecule has 2 aromatic carbocycles. The molecule has 0 atom stereocenters. The van der Waals surface area contributed by atoms with E-state index in [1.165, 1.54) is 26.2 Å². The summed E-state index contributed by atoms with van der Waals surface area (Å²) in [4.78, 5) is 26.3. The molecule has 13 heteroatoms. The molecule has 0 radical (unpaired) electrons. The number of hydrogen-bond acceptors (Lipinski definition) is 7. The molecule has 0 aromatic heterocycles. The molecular formula is C20H20F4N4O4S. The summed E-state index contributed by atoms with van der Waals surface area (Å²) >= 11 is 1.04. The molecule has 0 fully saturated rings. The first-order valence-corrected chi connectivity index (χ1v) is 10.3. The van der Waals surface area contributed by atoms with Gasteiger partial charge in [-0.15, -0.1) is 0 Å². The smallest absolute Gasteiger partial charge is 0.410 e. The highest BCUT2D eigenvalue weighted by Crippen LogP contribution is 2.42. The Morgan fingerprint density at radius 1 is 1.30 bits per heavy atom. The molecule has 0 unspecified atom stereocenters. The van der Waals surface area contributed by atoms with Gasteiger partial charge in [-0.3, -0.25) is 4.90 Å². The van der Waals surface area contributed by atoms with E-state index in [2.05, 4.69) is 9.44 Å². The number of alkyl halides is 3. The Balaban J connectivity index is 1.90. The van der Waals surface area contributed by atoms with Crippen LogP contribution >= 0.6 is 12.1 Å². The zero-order valence-electron chi connectivity index (χ0n) is 17.7. The summed E-state index contributed by atoms with van der Waals surface area (Å²) in [5.41, 5.74) is -0.850. The van der Waals surface area contributed by atoms with Crippen LogP contribution in [0.15, 0.2) is 30.3 Å². The molecule has 3 rings (SSSR count). The third kappa shape index (κ3) is 5.60. The van der Waals surface area contributed by atoms with Gasteiger partial charge in [-0.1, -0.05) is 12.1 Å². The molecule has 0 spiro atoms. The highest BCUT2D eigenvalue weighted by Gasteiger charge is 2.38. The van der Waals surface area contributed by atoms with Crippen molar-refractivity contribution in [3.05, 3.63) is 52.8 Å². The van der Waals surface area contributed by atoms with Crippen LogP contribution < -0.4 is 18.9 Å². The van der Waals surface area contributed by atoms with E-state index in [1.807, 2.05) is 0 Å². The lowest BCUT2D eigenvalue weighted by atomic mass is 10.1. The van der Waals surface area contributed by atoms with E-state index in [0.29, 0.717) is 0 Å². The number of ether oxygens (including phenoxy) is 2. The lowest BCUT2D eigenvalue weighted by Gasteiger charge is -2.29. The molecule has 2 aromatic rings. The van der Waals surface area contributed by atoms with Crippen LogP contribution in [0.3, 0.4) is 0 Å². The third-order valence-corrected chi connectivity index (χ3v) is 5.08. The first-order valence-electron chi connectivity index (χ1n) is 9.47. The van der Waals surface area contributed by atoms with Crippen LogP contribution in [0.1, 0.15) is 16.7 Å². The highest BCUT2D eigenvalue weighted by atomic mass is 32.2. The number of nitrogens with zero attached hydrogens (tertiary/aromatic N) is 2. The summed E-state index contributed by atoms with van der Waals surface area (Å²) < 4.78 is 71.0. The van der Waals surface area contributed by atoms with Crippen molar-refractivity contribution >= 4 is 30.0 Å². The summed E-state index contributed by atoms with van der Waals surface area (Å²) in [5.74, 6) is -1.57. The van der Waals surface area contributed by atoms with Crippen LogP contribution in [-0.4, -0.2) is 43.1 Å². The average molecular weight is 488 g/mol. The largest absolute Gasteiger partial charge is 0.420 e. The minimum absolute atomic E-state index is 0.0343. The molecule has 8 nitrogen and oxygen atoms in total. The van der Waals surface area contributed by atoms with Gasteiger partial charge in [-0.2, -0.15) is 13.2 Å². The second-order valence-corrected chi connectivity index (χ2v) is 7.94. The number of fused-ring (bicyclic) bond motifs is 1. The number of rotatable bonds is 6. The number of halogens is 4. The zero-order chi connectivity index (χ0) is 24.3. The maximum Gasteiger partial charge on any atom is 0.420 e. The summed E-state index contributed by atoms with van der Waals surface area (Å²) in [7, 11) is 4.27. The molecule has 2 amide bonds. The molecule has 1 aliphatic rings. The van der Waals surface area contributed by atoms with Crippen LogP contribution in [-0.2, 0) is 19.3 Å². The Hall–Kier alpha value is -3.19. The summed E-state index contributed by atoms with van der Waals surface area (Å²) in [6, 6.07) is 6.14. The van der Waals surface area contributed by atoms with E-state index >= 15 is 0 Å². The number of amides is 2. The van der Waals surface area contributed by atoms with E-state index in [1.54, 1.807) is 13.1 Å². The maximum absolute atomic E-state index is 14.8. The second kappa shape index (κ2) is 9.75. The topological polar surface area (TPSA) is 83.1 Å². The average Bonchev–Trinajstić information content (AvgIpc) is 2.73. The number of carbonyl (C=O) groups is 2. The van der Waals surface area contributed by atoms with Crippen LogP contribution in [0, 0.1) is 5.82 Å². The lowest BCUT2D eigenvalue weighted by molar-refractivity contribution is -0.138. The van der Waals surface area contributed by atoms with Crippen molar-refractivity contribution in [2.75, 3.05) is 25.9 Å². The minimum Gasteiger partial charge on any atom is -0.410 e. The number of nitrogens with one attached hydrogen (secondary N) is 2. The fraction of sp³-hybridized carbons (Fsp3) is 0.300. The molecular weight excluding hydrogens is 468 g/mol. The van der Waals surface area contributed by atoms with Crippen molar-refractivity contribution in [1.82, 2.24) is 14.5 Å². The van der Waals surface area contributed by atoms with E-state index in [-0.39, 0.29) is 35.7 Å². The Labute approximate surface area is 191 Å². The quantitative estimate of drug-likeness (QED) is 0.454. The van der Waals surface area contributed by atoms with Crippen molar-refractivity contribution < 1.29 is 36.6 Å². The minimum atomic E-state index is -4.83. The van der Waals surface area contributed by atoms with E-state index in [0.717, 1.165) is 34.1 Å². The number of hydrogen-bond donors (Lipinski definition) is 2. The van der Waals surface area contributed by atoms with E-state index in [4.69, 9.17) is 9.47 Å². The third-order valence-electron chi connectivity index (χ3n) is 4.55. The molecule has 0 saturated carbocycles. The predicted molar refractivity (Wildman–Crippen MR) is 113 cm³/mol. The Morgan fingerprint density at radius 2 is 2.03 bits per heavy atom. The number of carbonyl (C=O) groups excluding carboxylic acids is 2. The fourth-order valence-electron chi connectivity index (χ4n) is 2.96. The van der Waals surface area contributed by atoms with E-state index < -0.39 is 35.5 Å². The van der Waals surface area contributed by atoms with Crippen LogP contribution in [0.2, 0.25) is 0 Å². The van der Waals surface area contributed by atoms with Crippen LogP contribution in [0.25, 0.3) is 0 Å². The van der Waals surface area contributed by atoms with Crippen molar-refractivity contribution in [2.24, 2.45) is 0 Å². The van der Waals surface area contributed by atoms with E-state index in [9.17, 15) is 27.2 Å². The van der Waals surface area contributed by atoms with Crippen molar-refractivity contribution in [1.29, 1.82) is 0 Å². The fourth-order valence-corrected chi connectivity index (χ4v) is 3.33. The lowest BCUT2D eigenvalue weighted by Crippen LogP contribution is -2.37. The summed E-state index contributed by atoms with van der Waals surface area (Å²) in [5, 5.41) is 0. The van der Waals surface area contributed by atoms with Crippen LogP contribution in [0.5, 0.6) is 11.5 Å². The Bertz CT molecular complexity index is 1070. The van der Waals surface area contributed by atoms with Crippen molar-refractivity contribution in [3.8, 4) is 11.5 Å². The molecule has 0 bridgehead atoms. The van der Waals surface area contributed by atoms with Crippen molar-refractivity contribution in [3.63, 3.8) is 0 Å². The monoisotopic (exact) mass is 488 g/mol. The Morgan fingerprint density at radius 3 is 2.67 bits per heavy atom. The SMILES string of the molecule is CNSNc1cccc(CN2Cc3cc(C(F)(F)F)c(OC(=O)N(C)C)cc3OC2=O)c1F. The normalized spacial score (nSPS) is 13.3. The van der Waals surface area contributed by atoms with Crippen molar-refractivity contribution in [2.45, 2.75) is 19.3 Å². The van der Waals surface area contributed by atoms with Gasteiger partial charge in [0.05, 0.1) is 24.3 Å². The Kier molecular flexibility index (Phi) is 7.22. The second-order valence-electron chi connectivity index (χ2n) is 7.13. The first-order chi connectivity index (χ1) is 15.5. The molecule has 178 valence electrons. The summed E-state index contributed by atoms with van der Waals surface area (Å²) in [6.07, 6.45) is -6.74. The predicted octanol–water partition coefficient (Wildman–Crippen LogP) is 4.61. The first kappa shape index (κ1) is 24.5. The number of benzene rings is 2. The highest BCUT2D eigenvalue weighted by molar-refractivity contribution is 7.98. The van der Waals surface area contributed by atoms with Gasteiger partial charge in [-0.05, 0) is 19.2 Å². The molecule has 33 heavy (non-hydrogen) atoms. The molecule has 1 aliphatic heterocycles. The molecule has 2 N–H and O–H groups in total. The molecule has 1 heterocycles. The van der Waals surface area contributed by atoms with Crippen LogP contribution in [0.4, 0.5) is 32.8 Å². The van der Waals surface area contributed by atoms with Gasteiger partial charge < -0.3 is 19.1 Å². The summed E-state index contributed by atoms with van der Waals surface area (Å²) in [6.45, 7) is -0.496. The zero-order valence-corrected chi connectivity index (χ0v) is 18.6. The van der Waals surface area contributed by atoms with Gasteiger partial charge in [0.25, 0.3) is 0 Å². The molecule has 0 saturated heterocycles. The molecule has 0 aliphatic carbocycles.